The SMILES string of the molecule is CCC(CNC(=O)Cc1ccc(F)cc1)(OC)c1ccccc1. The Balaban J connectivity index is 2.01. The van der Waals surface area contributed by atoms with Gasteiger partial charge in [0.25, 0.3) is 0 Å². The van der Waals surface area contributed by atoms with Crippen LogP contribution in [0.5, 0.6) is 0 Å². The van der Waals surface area contributed by atoms with Gasteiger partial charge >= 0.3 is 0 Å². The highest BCUT2D eigenvalue weighted by atomic mass is 19.1. The Morgan fingerprint density at radius 2 is 1.78 bits per heavy atom. The maximum atomic E-state index is 12.9. The van der Waals surface area contributed by atoms with E-state index < -0.39 is 5.60 Å². The molecular weight excluding hydrogens is 293 g/mol. The van der Waals surface area contributed by atoms with Crippen LogP contribution in [0.1, 0.15) is 24.5 Å². The number of halogens is 1. The van der Waals surface area contributed by atoms with Gasteiger partial charge in [-0.3, -0.25) is 4.79 Å². The van der Waals surface area contributed by atoms with Crippen LogP contribution in [0.2, 0.25) is 0 Å². The van der Waals surface area contributed by atoms with E-state index in [1.165, 1.54) is 12.1 Å². The fourth-order valence-electron chi connectivity index (χ4n) is 2.60. The lowest BCUT2D eigenvalue weighted by molar-refractivity contribution is -0.122. The van der Waals surface area contributed by atoms with E-state index in [0.29, 0.717) is 6.54 Å². The Morgan fingerprint density at radius 1 is 1.13 bits per heavy atom. The van der Waals surface area contributed by atoms with Crippen molar-refractivity contribution in [1.82, 2.24) is 5.32 Å². The number of carbonyl (C=O) groups excluding carboxylic acids is 1. The Hall–Kier alpha value is -2.20. The quantitative estimate of drug-likeness (QED) is 0.850. The second-order valence-corrected chi connectivity index (χ2v) is 5.50. The number of nitrogens with one attached hydrogen (secondary N) is 1. The van der Waals surface area contributed by atoms with Crippen molar-refractivity contribution >= 4 is 5.91 Å². The molecule has 0 radical (unpaired) electrons. The molecule has 0 bridgehead atoms. The normalized spacial score (nSPS) is 13.3. The van der Waals surface area contributed by atoms with Gasteiger partial charge in [-0.05, 0) is 29.7 Å². The van der Waals surface area contributed by atoms with E-state index in [2.05, 4.69) is 5.32 Å². The van der Waals surface area contributed by atoms with Gasteiger partial charge < -0.3 is 10.1 Å². The molecule has 2 aromatic carbocycles. The number of hydrogen-bond acceptors (Lipinski definition) is 2. The summed E-state index contributed by atoms with van der Waals surface area (Å²) in [7, 11) is 1.66. The highest BCUT2D eigenvalue weighted by molar-refractivity contribution is 5.78. The first-order valence-corrected chi connectivity index (χ1v) is 7.71. The van der Waals surface area contributed by atoms with Crippen LogP contribution in [0, 0.1) is 5.82 Å². The first-order chi connectivity index (χ1) is 11.1. The molecule has 0 fully saturated rings. The van der Waals surface area contributed by atoms with Crippen LogP contribution < -0.4 is 5.32 Å². The molecule has 2 aromatic rings. The Bertz CT molecular complexity index is 622. The van der Waals surface area contributed by atoms with Gasteiger partial charge in [0.05, 0.1) is 13.0 Å². The number of rotatable bonds is 7. The molecule has 0 aliphatic carbocycles. The molecule has 1 N–H and O–H groups in total. The van der Waals surface area contributed by atoms with Gasteiger partial charge in [0.15, 0.2) is 0 Å². The molecule has 0 saturated carbocycles. The molecule has 0 aliphatic heterocycles. The summed E-state index contributed by atoms with van der Waals surface area (Å²) in [6.07, 6.45) is 0.961. The summed E-state index contributed by atoms with van der Waals surface area (Å²) in [6, 6.07) is 15.8. The molecule has 1 unspecified atom stereocenters. The van der Waals surface area contributed by atoms with E-state index in [1.54, 1.807) is 19.2 Å². The van der Waals surface area contributed by atoms with Gasteiger partial charge in [-0.2, -0.15) is 0 Å². The topological polar surface area (TPSA) is 38.3 Å². The highest BCUT2D eigenvalue weighted by Gasteiger charge is 2.30. The van der Waals surface area contributed by atoms with Crippen LogP contribution in [-0.2, 0) is 21.6 Å². The Labute approximate surface area is 136 Å². The molecule has 0 aromatic heterocycles. The van der Waals surface area contributed by atoms with Crippen molar-refractivity contribution in [3.05, 3.63) is 71.5 Å². The molecule has 0 spiro atoms. The number of ether oxygens (including phenoxy) is 1. The molecule has 0 heterocycles. The van der Waals surface area contributed by atoms with E-state index in [4.69, 9.17) is 4.74 Å². The van der Waals surface area contributed by atoms with Crippen molar-refractivity contribution < 1.29 is 13.9 Å². The van der Waals surface area contributed by atoms with E-state index in [1.807, 2.05) is 37.3 Å². The van der Waals surface area contributed by atoms with E-state index >= 15 is 0 Å². The van der Waals surface area contributed by atoms with Gasteiger partial charge in [0, 0.05) is 7.11 Å². The fourth-order valence-corrected chi connectivity index (χ4v) is 2.60. The lowest BCUT2D eigenvalue weighted by atomic mass is 9.90. The molecule has 4 heteroatoms. The lowest BCUT2D eigenvalue weighted by Gasteiger charge is -2.32. The zero-order valence-corrected chi connectivity index (χ0v) is 13.5. The average Bonchev–Trinajstić information content (AvgIpc) is 2.59. The predicted molar refractivity (Wildman–Crippen MR) is 88.5 cm³/mol. The summed E-state index contributed by atoms with van der Waals surface area (Å²) >= 11 is 0. The van der Waals surface area contributed by atoms with Crippen molar-refractivity contribution in [3.63, 3.8) is 0 Å². The van der Waals surface area contributed by atoms with Crippen molar-refractivity contribution in [2.24, 2.45) is 0 Å². The van der Waals surface area contributed by atoms with E-state index in [0.717, 1.165) is 17.5 Å². The van der Waals surface area contributed by atoms with Gasteiger partial charge in [-0.25, -0.2) is 4.39 Å². The predicted octanol–water partition coefficient (Wildman–Crippen LogP) is 3.44. The first-order valence-electron chi connectivity index (χ1n) is 7.71. The third-order valence-corrected chi connectivity index (χ3v) is 4.11. The molecule has 23 heavy (non-hydrogen) atoms. The monoisotopic (exact) mass is 315 g/mol. The smallest absolute Gasteiger partial charge is 0.224 e. The third kappa shape index (κ3) is 4.39. The largest absolute Gasteiger partial charge is 0.372 e. The third-order valence-electron chi connectivity index (χ3n) is 4.11. The van der Waals surface area contributed by atoms with Crippen molar-refractivity contribution in [2.45, 2.75) is 25.4 Å². The van der Waals surface area contributed by atoms with E-state index in [9.17, 15) is 9.18 Å². The van der Waals surface area contributed by atoms with Gasteiger partial charge in [0.2, 0.25) is 5.91 Å². The summed E-state index contributed by atoms with van der Waals surface area (Å²) in [5.41, 5.74) is 1.27. The molecule has 2 rings (SSSR count). The highest BCUT2D eigenvalue weighted by Crippen LogP contribution is 2.28. The van der Waals surface area contributed by atoms with Crippen molar-refractivity contribution in [2.75, 3.05) is 13.7 Å². The zero-order chi connectivity index (χ0) is 16.7. The minimum absolute atomic E-state index is 0.109. The number of carbonyl (C=O) groups is 1. The zero-order valence-electron chi connectivity index (χ0n) is 13.5. The molecule has 1 amide bonds. The van der Waals surface area contributed by atoms with Gasteiger partial charge in [-0.15, -0.1) is 0 Å². The Morgan fingerprint density at radius 3 is 2.35 bits per heavy atom. The second kappa shape index (κ2) is 7.88. The minimum Gasteiger partial charge on any atom is -0.372 e. The van der Waals surface area contributed by atoms with Crippen LogP contribution >= 0.6 is 0 Å². The maximum absolute atomic E-state index is 12.9. The summed E-state index contributed by atoms with van der Waals surface area (Å²) in [4.78, 5) is 12.1. The lowest BCUT2D eigenvalue weighted by Crippen LogP contribution is -2.42. The standard InChI is InChI=1S/C19H22FNO2/c1-3-19(23-2,16-7-5-4-6-8-16)14-21-18(22)13-15-9-11-17(20)12-10-15/h4-12H,3,13-14H2,1-2H3,(H,21,22). The molecule has 1 atom stereocenters. The summed E-state index contributed by atoms with van der Waals surface area (Å²) in [5.74, 6) is -0.412. The van der Waals surface area contributed by atoms with Crippen LogP contribution in [-0.4, -0.2) is 19.6 Å². The van der Waals surface area contributed by atoms with Crippen molar-refractivity contribution in [1.29, 1.82) is 0 Å². The Kier molecular flexibility index (Phi) is 5.88. The van der Waals surface area contributed by atoms with Crippen molar-refractivity contribution in [3.8, 4) is 0 Å². The van der Waals surface area contributed by atoms with Crippen LogP contribution in [0.25, 0.3) is 0 Å². The fraction of sp³-hybridized carbons (Fsp3) is 0.316. The summed E-state index contributed by atoms with van der Waals surface area (Å²) < 4.78 is 18.6. The number of hydrogen-bond donors (Lipinski definition) is 1. The summed E-state index contributed by atoms with van der Waals surface area (Å²) in [5, 5.41) is 2.93. The average molecular weight is 315 g/mol. The number of methoxy groups -OCH3 is 1. The van der Waals surface area contributed by atoms with Gasteiger partial charge in [-0.1, -0.05) is 49.4 Å². The number of amides is 1. The molecule has 0 aliphatic rings. The number of benzene rings is 2. The van der Waals surface area contributed by atoms with E-state index in [-0.39, 0.29) is 18.1 Å². The van der Waals surface area contributed by atoms with Gasteiger partial charge in [0.1, 0.15) is 11.4 Å². The van der Waals surface area contributed by atoms with Crippen LogP contribution in [0.15, 0.2) is 54.6 Å². The van der Waals surface area contributed by atoms with Crippen LogP contribution in [0.3, 0.4) is 0 Å². The minimum atomic E-state index is -0.542. The maximum Gasteiger partial charge on any atom is 0.224 e. The molecule has 0 saturated heterocycles. The molecular formula is C19H22FNO2. The molecule has 122 valence electrons. The van der Waals surface area contributed by atoms with Crippen LogP contribution in [0.4, 0.5) is 4.39 Å². The summed E-state index contributed by atoms with van der Waals surface area (Å²) in [6.45, 7) is 2.42. The second-order valence-electron chi connectivity index (χ2n) is 5.50. The molecule has 3 nitrogen and oxygen atoms in total. The first kappa shape index (κ1) is 17.2.